The molecule has 0 radical (unpaired) electrons. The van der Waals surface area contributed by atoms with Crippen molar-refractivity contribution in [2.45, 2.75) is 64.5 Å². The Hall–Kier alpha value is -3.87. The zero-order valence-electron chi connectivity index (χ0n) is 23.0. The number of benzene rings is 1. The third-order valence-corrected chi connectivity index (χ3v) is 6.58. The topological polar surface area (TPSA) is 90.0 Å². The van der Waals surface area contributed by atoms with Gasteiger partial charge in [-0.05, 0) is 57.5 Å². The first-order valence-corrected chi connectivity index (χ1v) is 12.9. The second-order valence-electron chi connectivity index (χ2n) is 9.38. The maximum absolute atomic E-state index is 13.9. The van der Waals surface area contributed by atoms with Gasteiger partial charge in [0.15, 0.2) is 5.54 Å². The van der Waals surface area contributed by atoms with Crippen LogP contribution in [-0.4, -0.2) is 60.2 Å². The smallest absolute Gasteiger partial charge is 0.332 e. The van der Waals surface area contributed by atoms with Crippen LogP contribution < -0.4 is 14.8 Å². The average molecular weight is 544 g/mol. The summed E-state index contributed by atoms with van der Waals surface area (Å²) in [6, 6.07) is 6.00. The van der Waals surface area contributed by atoms with Crippen LogP contribution in [-0.2, 0) is 9.53 Å². The van der Waals surface area contributed by atoms with E-state index >= 15 is 0 Å². The molecule has 2 aromatic rings. The monoisotopic (exact) mass is 543 g/mol. The summed E-state index contributed by atoms with van der Waals surface area (Å²) < 4.78 is 44.1. The third-order valence-electron chi connectivity index (χ3n) is 6.58. The van der Waals surface area contributed by atoms with Crippen molar-refractivity contribution < 1.29 is 32.6 Å². The van der Waals surface area contributed by atoms with E-state index in [1.54, 1.807) is 24.5 Å². The van der Waals surface area contributed by atoms with Gasteiger partial charge in [-0.2, -0.15) is 0 Å². The molecule has 1 heterocycles. The van der Waals surface area contributed by atoms with Crippen LogP contribution in [0.4, 0.5) is 13.6 Å². The molecule has 1 aliphatic rings. The first-order valence-electron chi connectivity index (χ1n) is 12.9. The summed E-state index contributed by atoms with van der Waals surface area (Å²) in [6.07, 6.45) is 1.92. The zero-order valence-corrected chi connectivity index (χ0v) is 23.0. The number of halogens is 2. The number of alkyl halides is 2. The summed E-state index contributed by atoms with van der Waals surface area (Å²) in [5, 5.41) is 2.55. The summed E-state index contributed by atoms with van der Waals surface area (Å²) in [6.45, 7) is 8.49. The highest BCUT2D eigenvalue weighted by Crippen LogP contribution is 2.46. The zero-order chi connectivity index (χ0) is 28.6. The Labute approximate surface area is 228 Å². The normalized spacial score (nSPS) is 15.6. The van der Waals surface area contributed by atoms with Crippen LogP contribution in [0.2, 0.25) is 0 Å². The van der Waals surface area contributed by atoms with Crippen molar-refractivity contribution in [1.82, 2.24) is 15.2 Å². The number of rotatable bonds is 10. The number of carbonyl (C=O) groups is 2. The number of amides is 2. The number of ether oxygens (including phenoxy) is 3. The summed E-state index contributed by atoms with van der Waals surface area (Å²) in [7, 11) is 1.11. The van der Waals surface area contributed by atoms with E-state index in [0.29, 0.717) is 31.1 Å². The van der Waals surface area contributed by atoms with Crippen LogP contribution in [0, 0.1) is 18.8 Å². The Morgan fingerprint density at radius 3 is 2.23 bits per heavy atom. The van der Waals surface area contributed by atoms with Gasteiger partial charge in [0.25, 0.3) is 5.92 Å². The lowest BCUT2D eigenvalue weighted by Gasteiger charge is -2.46. The van der Waals surface area contributed by atoms with Crippen LogP contribution >= 0.6 is 0 Å². The average Bonchev–Trinajstić information content (AvgIpc) is 2.89. The lowest BCUT2D eigenvalue weighted by atomic mass is 9.73. The number of aromatic nitrogens is 1. The van der Waals surface area contributed by atoms with E-state index in [2.05, 4.69) is 22.1 Å². The number of pyridine rings is 1. The van der Waals surface area contributed by atoms with Crippen molar-refractivity contribution in [2.24, 2.45) is 0 Å². The number of esters is 1. The molecule has 1 saturated carbocycles. The number of methoxy groups -OCH3 is 1. The molecule has 10 heteroatoms. The number of nitrogens with one attached hydrogen (secondary N) is 1. The van der Waals surface area contributed by atoms with Crippen molar-refractivity contribution in [3.63, 3.8) is 0 Å². The second kappa shape index (κ2) is 12.8. The summed E-state index contributed by atoms with van der Waals surface area (Å²) in [5.74, 6) is 3.33. The molecule has 0 spiro atoms. The van der Waals surface area contributed by atoms with Crippen molar-refractivity contribution in [2.75, 3.05) is 26.9 Å². The highest BCUT2D eigenvalue weighted by atomic mass is 19.3. The number of carbonyl (C=O) groups excluding carboxylic acids is 2. The second-order valence-corrected chi connectivity index (χ2v) is 9.38. The molecule has 210 valence electrons. The van der Waals surface area contributed by atoms with Crippen molar-refractivity contribution in [3.8, 4) is 23.3 Å². The van der Waals surface area contributed by atoms with E-state index in [0.717, 1.165) is 23.8 Å². The van der Waals surface area contributed by atoms with Crippen LogP contribution in [0.1, 0.15) is 62.8 Å². The predicted molar refractivity (Wildman–Crippen MR) is 142 cm³/mol. The van der Waals surface area contributed by atoms with Crippen LogP contribution in [0.5, 0.6) is 11.5 Å². The minimum absolute atomic E-state index is 0.167. The van der Waals surface area contributed by atoms with Gasteiger partial charge in [0.05, 0.1) is 26.4 Å². The van der Waals surface area contributed by atoms with Gasteiger partial charge >= 0.3 is 12.0 Å². The molecule has 0 bridgehead atoms. The van der Waals surface area contributed by atoms with E-state index in [4.69, 9.17) is 14.2 Å². The molecule has 2 amide bonds. The minimum Gasteiger partial charge on any atom is -0.493 e. The quantitative estimate of drug-likeness (QED) is 0.334. The molecule has 8 nitrogen and oxygen atoms in total. The molecule has 1 N–H and O–H groups in total. The SMILES string of the molecule is CCOc1cc([C@@H](C)N(CCC#Cc2ccncc2)C(=O)NC2(C(=O)OC)CC(F)(F)C2)cc(OCC)c1C. The number of hydrogen-bond donors (Lipinski definition) is 1. The fourth-order valence-electron chi connectivity index (χ4n) is 4.55. The molecule has 0 unspecified atom stereocenters. The Bertz CT molecular complexity index is 1190. The van der Waals surface area contributed by atoms with Gasteiger partial charge in [-0.3, -0.25) is 4.98 Å². The van der Waals surface area contributed by atoms with Gasteiger partial charge in [0.2, 0.25) is 0 Å². The molecular weight excluding hydrogens is 508 g/mol. The van der Waals surface area contributed by atoms with E-state index in [1.165, 1.54) is 4.90 Å². The molecule has 39 heavy (non-hydrogen) atoms. The van der Waals surface area contributed by atoms with Gasteiger partial charge in [-0.1, -0.05) is 11.8 Å². The number of nitrogens with zero attached hydrogens (tertiary/aromatic N) is 2. The Kier molecular flexibility index (Phi) is 9.73. The summed E-state index contributed by atoms with van der Waals surface area (Å²) >= 11 is 0. The van der Waals surface area contributed by atoms with E-state index in [-0.39, 0.29) is 6.54 Å². The minimum atomic E-state index is -3.07. The molecule has 1 aromatic carbocycles. The lowest BCUT2D eigenvalue weighted by Crippen LogP contribution is -2.68. The van der Waals surface area contributed by atoms with Gasteiger partial charge in [-0.15, -0.1) is 0 Å². The maximum Gasteiger partial charge on any atom is 0.332 e. The molecule has 1 atom stereocenters. The molecule has 1 aliphatic carbocycles. The predicted octanol–water partition coefficient (Wildman–Crippen LogP) is 5.04. The van der Waals surface area contributed by atoms with Crippen LogP contribution in [0.15, 0.2) is 36.7 Å². The summed E-state index contributed by atoms with van der Waals surface area (Å²) in [4.78, 5) is 31.5. The van der Waals surface area contributed by atoms with Gasteiger partial charge < -0.3 is 24.4 Å². The fourth-order valence-corrected chi connectivity index (χ4v) is 4.55. The van der Waals surface area contributed by atoms with Gasteiger partial charge in [0, 0.05) is 49.3 Å². The van der Waals surface area contributed by atoms with E-state index in [1.807, 2.05) is 39.8 Å². The van der Waals surface area contributed by atoms with Crippen molar-refractivity contribution >= 4 is 12.0 Å². The lowest BCUT2D eigenvalue weighted by molar-refractivity contribution is -0.178. The van der Waals surface area contributed by atoms with E-state index < -0.39 is 42.3 Å². The van der Waals surface area contributed by atoms with Gasteiger partial charge in [0.1, 0.15) is 11.5 Å². The maximum atomic E-state index is 13.9. The van der Waals surface area contributed by atoms with Crippen molar-refractivity contribution in [1.29, 1.82) is 0 Å². The number of hydrogen-bond acceptors (Lipinski definition) is 6. The number of urea groups is 1. The Morgan fingerprint density at radius 2 is 1.72 bits per heavy atom. The fraction of sp³-hybridized carbons (Fsp3) is 0.483. The molecule has 0 aliphatic heterocycles. The van der Waals surface area contributed by atoms with Crippen molar-refractivity contribution in [3.05, 3.63) is 53.3 Å². The molecular formula is C29H35F2N3O5. The standard InChI is InChI=1S/C29H35F2N3O5/c1-6-38-24-16-23(17-25(20(24)3)39-7-2)21(4)34(15-9-8-10-22-11-13-32-14-12-22)27(36)33-28(26(35)37-5)18-29(30,31)19-28/h11-14,16-17,21H,6-7,9,15,18-19H2,1-5H3,(H,33,36)/t21-/m1/s1. The van der Waals surface area contributed by atoms with Gasteiger partial charge in [-0.25, -0.2) is 18.4 Å². The molecule has 0 saturated heterocycles. The Balaban J connectivity index is 1.93. The van der Waals surface area contributed by atoms with E-state index in [9.17, 15) is 18.4 Å². The summed E-state index contributed by atoms with van der Waals surface area (Å²) in [5.41, 5.74) is 0.527. The van der Waals surface area contributed by atoms with Crippen LogP contribution in [0.25, 0.3) is 0 Å². The highest BCUT2D eigenvalue weighted by molar-refractivity contribution is 5.89. The van der Waals surface area contributed by atoms with Crippen LogP contribution in [0.3, 0.4) is 0 Å². The highest BCUT2D eigenvalue weighted by Gasteiger charge is 2.63. The largest absolute Gasteiger partial charge is 0.493 e. The molecule has 3 rings (SSSR count). The Morgan fingerprint density at radius 1 is 1.13 bits per heavy atom. The first kappa shape index (κ1) is 29.7. The third kappa shape index (κ3) is 7.16. The molecule has 1 aromatic heterocycles. The first-order chi connectivity index (χ1) is 18.6. The molecule has 1 fully saturated rings.